The topological polar surface area (TPSA) is 119 Å². The molecular weight excluding hydrogens is 421 g/mol. The highest BCUT2D eigenvalue weighted by Crippen LogP contribution is 2.35. The van der Waals surface area contributed by atoms with Crippen LogP contribution in [-0.2, 0) is 4.74 Å². The van der Waals surface area contributed by atoms with Gasteiger partial charge in [0.1, 0.15) is 6.33 Å². The maximum absolute atomic E-state index is 11.7. The first-order valence-electron chi connectivity index (χ1n) is 8.06. The predicted octanol–water partition coefficient (Wildman–Crippen LogP) is 4.97. The Balaban J connectivity index is 1.92. The molecule has 2 N–H and O–H groups in total. The smallest absolute Gasteiger partial charge is 0.353 e. The quantitative estimate of drug-likeness (QED) is 0.317. The molecule has 0 saturated heterocycles. The maximum Gasteiger partial charge on any atom is 0.353 e. The maximum atomic E-state index is 11.7. The molecule has 1 aromatic heterocycles. The molecule has 29 heavy (non-hydrogen) atoms. The Labute approximate surface area is 174 Å². The zero-order chi connectivity index (χ0) is 21.0. The number of methoxy groups -OCH3 is 1. The second-order valence-electron chi connectivity index (χ2n) is 5.62. The molecule has 9 nitrogen and oxygen atoms in total. The van der Waals surface area contributed by atoms with Crippen LogP contribution < -0.4 is 10.6 Å². The zero-order valence-electron chi connectivity index (χ0n) is 14.8. The highest BCUT2D eigenvalue weighted by molar-refractivity contribution is 6.36. The van der Waals surface area contributed by atoms with Gasteiger partial charge in [-0.05, 0) is 42.5 Å². The van der Waals surface area contributed by atoms with Gasteiger partial charge in [0.2, 0.25) is 11.6 Å². The van der Waals surface area contributed by atoms with E-state index in [-0.39, 0.29) is 22.3 Å². The van der Waals surface area contributed by atoms with Crippen LogP contribution in [-0.4, -0.2) is 28.0 Å². The minimum Gasteiger partial charge on any atom is -0.465 e. The van der Waals surface area contributed by atoms with Crippen LogP contribution in [0.1, 0.15) is 10.4 Å². The first kappa shape index (κ1) is 20.3. The largest absolute Gasteiger partial charge is 0.465 e. The SMILES string of the molecule is COC(=O)c1ccc(Nc2ncnc(Nc3ccc(Cl)cc3Cl)c2[N+](=O)[O-])cc1. The van der Waals surface area contributed by atoms with E-state index in [9.17, 15) is 14.9 Å². The summed E-state index contributed by atoms with van der Waals surface area (Å²) in [5.41, 5.74) is 0.840. The van der Waals surface area contributed by atoms with E-state index in [2.05, 4.69) is 25.3 Å². The summed E-state index contributed by atoms with van der Waals surface area (Å²) in [6.45, 7) is 0. The van der Waals surface area contributed by atoms with Crippen LogP contribution in [0.25, 0.3) is 0 Å². The second kappa shape index (κ2) is 8.72. The fourth-order valence-electron chi connectivity index (χ4n) is 2.40. The number of carbonyl (C=O) groups excluding carboxylic acids is 1. The first-order chi connectivity index (χ1) is 13.9. The van der Waals surface area contributed by atoms with E-state index in [1.54, 1.807) is 24.3 Å². The van der Waals surface area contributed by atoms with Gasteiger partial charge in [0.25, 0.3) is 0 Å². The first-order valence-corrected chi connectivity index (χ1v) is 8.81. The second-order valence-corrected chi connectivity index (χ2v) is 6.46. The van der Waals surface area contributed by atoms with Gasteiger partial charge in [-0.25, -0.2) is 14.8 Å². The third-order valence-electron chi connectivity index (χ3n) is 3.76. The molecule has 0 aliphatic carbocycles. The summed E-state index contributed by atoms with van der Waals surface area (Å²) in [6.07, 6.45) is 1.17. The number of esters is 1. The Hall–Kier alpha value is -3.43. The fraction of sp³-hybridized carbons (Fsp3) is 0.0556. The lowest BCUT2D eigenvalue weighted by Gasteiger charge is -2.11. The van der Waals surface area contributed by atoms with Gasteiger partial charge in [-0.15, -0.1) is 0 Å². The van der Waals surface area contributed by atoms with Crippen molar-refractivity contribution in [3.63, 3.8) is 0 Å². The highest BCUT2D eigenvalue weighted by Gasteiger charge is 2.24. The molecule has 0 fully saturated rings. The standard InChI is InChI=1S/C18H13Cl2N5O4/c1-29-18(26)10-2-5-12(6-3-10)23-16-15(25(27)28)17(22-9-21-16)24-14-7-4-11(19)8-13(14)20/h2-9H,1H3,(H2,21,22,23,24). The van der Waals surface area contributed by atoms with Crippen molar-refractivity contribution in [3.8, 4) is 0 Å². The number of nitrogens with one attached hydrogen (secondary N) is 2. The summed E-state index contributed by atoms with van der Waals surface area (Å²) >= 11 is 12.0. The lowest BCUT2D eigenvalue weighted by molar-refractivity contribution is -0.383. The van der Waals surface area contributed by atoms with Gasteiger partial charge < -0.3 is 15.4 Å². The molecule has 2 aromatic carbocycles. The van der Waals surface area contributed by atoms with Crippen molar-refractivity contribution < 1.29 is 14.5 Å². The van der Waals surface area contributed by atoms with Crippen molar-refractivity contribution in [2.24, 2.45) is 0 Å². The Morgan fingerprint density at radius 3 is 2.31 bits per heavy atom. The minimum absolute atomic E-state index is 0.0385. The number of hydrogen-bond donors (Lipinski definition) is 2. The Morgan fingerprint density at radius 1 is 1.07 bits per heavy atom. The van der Waals surface area contributed by atoms with Gasteiger partial charge in [0.15, 0.2) is 0 Å². The van der Waals surface area contributed by atoms with E-state index in [0.717, 1.165) is 0 Å². The monoisotopic (exact) mass is 433 g/mol. The number of anilines is 4. The summed E-state index contributed by atoms with van der Waals surface area (Å²) in [6, 6.07) is 10.9. The molecule has 0 amide bonds. The van der Waals surface area contributed by atoms with E-state index < -0.39 is 10.9 Å². The normalized spacial score (nSPS) is 10.3. The summed E-state index contributed by atoms with van der Waals surface area (Å²) in [4.78, 5) is 30.5. The number of rotatable bonds is 6. The third-order valence-corrected chi connectivity index (χ3v) is 4.31. The molecule has 1 heterocycles. The van der Waals surface area contributed by atoms with Gasteiger partial charge >= 0.3 is 11.7 Å². The van der Waals surface area contributed by atoms with Crippen molar-refractivity contribution in [2.45, 2.75) is 0 Å². The predicted molar refractivity (Wildman–Crippen MR) is 109 cm³/mol. The van der Waals surface area contributed by atoms with E-state index in [1.165, 1.54) is 31.6 Å². The van der Waals surface area contributed by atoms with Gasteiger partial charge in [-0.3, -0.25) is 10.1 Å². The van der Waals surface area contributed by atoms with Gasteiger partial charge in [-0.1, -0.05) is 23.2 Å². The Bertz CT molecular complexity index is 1080. The number of benzene rings is 2. The zero-order valence-corrected chi connectivity index (χ0v) is 16.4. The summed E-state index contributed by atoms with van der Waals surface area (Å²) in [7, 11) is 1.28. The van der Waals surface area contributed by atoms with E-state index in [4.69, 9.17) is 23.2 Å². The van der Waals surface area contributed by atoms with Crippen molar-refractivity contribution >= 4 is 57.9 Å². The third kappa shape index (κ3) is 4.71. The molecule has 0 unspecified atom stereocenters. The van der Waals surface area contributed by atoms with Crippen molar-refractivity contribution in [3.05, 3.63) is 74.5 Å². The summed E-state index contributed by atoms with van der Waals surface area (Å²) in [5.74, 6) is -0.581. The number of nitro groups is 1. The molecule has 3 aromatic rings. The Kier molecular flexibility index (Phi) is 6.10. The number of carbonyl (C=O) groups is 1. The number of nitrogens with zero attached hydrogens (tertiary/aromatic N) is 3. The van der Waals surface area contributed by atoms with Crippen LogP contribution in [0.3, 0.4) is 0 Å². The molecule has 0 aliphatic rings. The van der Waals surface area contributed by atoms with Crippen LogP contribution in [0, 0.1) is 10.1 Å². The average molecular weight is 434 g/mol. The van der Waals surface area contributed by atoms with E-state index in [0.29, 0.717) is 22.0 Å². The minimum atomic E-state index is -0.614. The highest BCUT2D eigenvalue weighted by atomic mass is 35.5. The fourth-order valence-corrected chi connectivity index (χ4v) is 2.85. The lowest BCUT2D eigenvalue weighted by Crippen LogP contribution is -2.06. The van der Waals surface area contributed by atoms with E-state index >= 15 is 0 Å². The molecule has 148 valence electrons. The number of hydrogen-bond acceptors (Lipinski definition) is 8. The number of ether oxygens (including phenoxy) is 1. The lowest BCUT2D eigenvalue weighted by atomic mass is 10.2. The number of aromatic nitrogens is 2. The molecule has 0 spiro atoms. The summed E-state index contributed by atoms with van der Waals surface area (Å²) in [5, 5.41) is 18.0. The Morgan fingerprint density at radius 2 is 1.72 bits per heavy atom. The molecule has 3 rings (SSSR count). The average Bonchev–Trinajstić information content (AvgIpc) is 2.70. The van der Waals surface area contributed by atoms with Gasteiger partial charge in [0, 0.05) is 10.7 Å². The van der Waals surface area contributed by atoms with Crippen molar-refractivity contribution in [1.82, 2.24) is 9.97 Å². The molecule has 0 radical (unpaired) electrons. The van der Waals surface area contributed by atoms with Gasteiger partial charge in [-0.2, -0.15) is 0 Å². The number of halogens is 2. The molecule has 11 heteroatoms. The van der Waals surface area contributed by atoms with Crippen molar-refractivity contribution in [1.29, 1.82) is 0 Å². The van der Waals surface area contributed by atoms with Crippen LogP contribution in [0.15, 0.2) is 48.8 Å². The molecule has 0 aliphatic heterocycles. The van der Waals surface area contributed by atoms with Gasteiger partial charge in [0.05, 0.1) is 28.3 Å². The molecule has 0 bridgehead atoms. The summed E-state index contributed by atoms with van der Waals surface area (Å²) < 4.78 is 4.64. The van der Waals surface area contributed by atoms with E-state index in [1.807, 2.05) is 0 Å². The van der Waals surface area contributed by atoms with Crippen LogP contribution in [0.2, 0.25) is 10.0 Å². The van der Waals surface area contributed by atoms with Crippen molar-refractivity contribution in [2.75, 3.05) is 17.7 Å². The molecule has 0 saturated carbocycles. The van der Waals surface area contributed by atoms with Crippen LogP contribution >= 0.6 is 23.2 Å². The molecular formula is C18H13Cl2N5O4. The molecule has 0 atom stereocenters. The van der Waals surface area contributed by atoms with Crippen LogP contribution in [0.5, 0.6) is 0 Å². The van der Waals surface area contributed by atoms with Crippen LogP contribution in [0.4, 0.5) is 28.7 Å².